The Labute approximate surface area is 315 Å². The molecule has 0 aliphatic heterocycles. The summed E-state index contributed by atoms with van der Waals surface area (Å²) in [5.74, 6) is 0. The minimum Gasteiger partial charge on any atom is -0.310 e. The molecule has 1 aliphatic rings. The van der Waals surface area contributed by atoms with Crippen molar-refractivity contribution in [2.45, 2.75) is 5.41 Å². The molecule has 0 unspecified atom stereocenters. The Kier molecular flexibility index (Phi) is 4.50. The summed E-state index contributed by atoms with van der Waals surface area (Å²) in [4.78, 5) is 2.14. The SMILES string of the molecule is [2H]c1cc(C2(c3cc([2H])c([2H])c([2H])c3[2H])c3cccc(-n4c5ccccc5c5ccc(N(c6ccccc6)c6ccccc6)cc54)c3-c3c([2H])c([2H])c([2H])c([2H])c32)c([2H])c([2H])c1[2H]. The minimum atomic E-state index is -2.11. The van der Waals surface area contributed by atoms with Crippen molar-refractivity contribution in [3.05, 3.63) is 228 Å². The Bertz CT molecular complexity index is 3280. The predicted molar refractivity (Wildman–Crippen MR) is 213 cm³/mol. The molecule has 10 rings (SSSR count). The minimum absolute atomic E-state index is 0.0451. The molecule has 0 atom stereocenters. The summed E-state index contributed by atoms with van der Waals surface area (Å²) < 4.78 is 111. The van der Waals surface area contributed by atoms with Crippen LogP contribution in [0, 0.1) is 0 Å². The molecular formula is C49H34N2. The Morgan fingerprint density at radius 1 is 0.451 bits per heavy atom. The Morgan fingerprint density at radius 2 is 1.08 bits per heavy atom. The highest BCUT2D eigenvalue weighted by Crippen LogP contribution is 2.58. The molecule has 0 fully saturated rings. The first kappa shape index (κ1) is 19.5. The summed E-state index contributed by atoms with van der Waals surface area (Å²) in [5.41, 5.74) is 2.82. The van der Waals surface area contributed by atoms with Gasteiger partial charge in [0.25, 0.3) is 0 Å². The number of hydrogen-bond donors (Lipinski definition) is 0. The van der Waals surface area contributed by atoms with Crippen LogP contribution in [-0.2, 0) is 5.41 Å². The molecule has 0 saturated heterocycles. The third-order valence-corrected chi connectivity index (χ3v) is 9.85. The van der Waals surface area contributed by atoms with Gasteiger partial charge in [0.1, 0.15) is 0 Å². The lowest BCUT2D eigenvalue weighted by Crippen LogP contribution is -2.28. The fourth-order valence-electron chi connectivity index (χ4n) is 7.84. The largest absolute Gasteiger partial charge is 0.310 e. The summed E-state index contributed by atoms with van der Waals surface area (Å²) in [5, 5.41) is 1.79. The van der Waals surface area contributed by atoms with Crippen molar-refractivity contribution in [2.75, 3.05) is 4.90 Å². The van der Waals surface area contributed by atoms with Gasteiger partial charge in [0, 0.05) is 33.4 Å². The second-order valence-electron chi connectivity index (χ2n) is 12.4. The second-order valence-corrected chi connectivity index (χ2v) is 12.4. The van der Waals surface area contributed by atoms with Crippen molar-refractivity contribution < 1.29 is 16.4 Å². The normalized spacial score (nSPS) is 16.2. The quantitative estimate of drug-likeness (QED) is 0.172. The molecule has 8 aromatic carbocycles. The van der Waals surface area contributed by atoms with Gasteiger partial charge in [0.15, 0.2) is 0 Å². The molecular weight excluding hydrogens is 617 g/mol. The monoisotopic (exact) mass is 662 g/mol. The van der Waals surface area contributed by atoms with Crippen molar-refractivity contribution in [2.24, 2.45) is 0 Å². The number of nitrogens with zero attached hydrogens (tertiary/aromatic N) is 2. The number of anilines is 3. The first-order valence-corrected chi connectivity index (χ1v) is 16.6. The van der Waals surface area contributed by atoms with Crippen LogP contribution in [0.5, 0.6) is 0 Å². The van der Waals surface area contributed by atoms with E-state index in [2.05, 4.69) is 23.1 Å². The molecule has 0 bridgehead atoms. The van der Waals surface area contributed by atoms with E-state index in [-0.39, 0.29) is 27.8 Å². The van der Waals surface area contributed by atoms with Gasteiger partial charge in [-0.2, -0.15) is 0 Å². The number of rotatable bonds is 6. The van der Waals surface area contributed by atoms with Gasteiger partial charge < -0.3 is 9.47 Å². The molecule has 0 spiro atoms. The Morgan fingerprint density at radius 3 is 1.80 bits per heavy atom. The average molecular weight is 663 g/mol. The lowest BCUT2D eigenvalue weighted by molar-refractivity contribution is 0.768. The van der Waals surface area contributed by atoms with E-state index in [0.717, 1.165) is 38.9 Å². The van der Waals surface area contributed by atoms with E-state index in [1.165, 1.54) is 12.1 Å². The molecule has 0 radical (unpaired) electrons. The van der Waals surface area contributed by atoms with E-state index in [0.29, 0.717) is 11.3 Å². The maximum atomic E-state index is 9.64. The van der Waals surface area contributed by atoms with E-state index >= 15 is 0 Å². The van der Waals surface area contributed by atoms with Gasteiger partial charge in [0.05, 0.1) is 38.6 Å². The van der Waals surface area contributed by atoms with E-state index in [1.807, 2.05) is 95.6 Å². The molecule has 2 heteroatoms. The van der Waals surface area contributed by atoms with Gasteiger partial charge in [-0.3, -0.25) is 0 Å². The summed E-state index contributed by atoms with van der Waals surface area (Å²) >= 11 is 0. The van der Waals surface area contributed by atoms with Crippen molar-refractivity contribution in [1.82, 2.24) is 4.57 Å². The molecule has 0 saturated carbocycles. The summed E-state index contributed by atoms with van der Waals surface area (Å²) in [7, 11) is 0. The number of benzene rings is 8. The van der Waals surface area contributed by atoms with Crippen LogP contribution >= 0.6 is 0 Å². The highest BCUT2D eigenvalue weighted by Gasteiger charge is 2.47. The Balaban J connectivity index is 1.40. The lowest BCUT2D eigenvalue weighted by Gasteiger charge is -2.34. The number of hydrogen-bond acceptors (Lipinski definition) is 1. The molecule has 0 amide bonds. The van der Waals surface area contributed by atoms with Crippen LogP contribution in [-0.4, -0.2) is 4.57 Å². The smallest absolute Gasteiger partial charge is 0.0714 e. The van der Waals surface area contributed by atoms with Crippen LogP contribution in [0.3, 0.4) is 0 Å². The second kappa shape index (κ2) is 11.8. The van der Waals surface area contributed by atoms with Gasteiger partial charge in [-0.05, 0) is 76.3 Å². The maximum absolute atomic E-state index is 9.64. The highest BCUT2D eigenvalue weighted by atomic mass is 15.1. The average Bonchev–Trinajstić information content (AvgIpc) is 3.80. The fourth-order valence-corrected chi connectivity index (χ4v) is 7.84. The molecule has 240 valence electrons. The first-order valence-electron chi connectivity index (χ1n) is 22.6. The predicted octanol–water partition coefficient (Wildman–Crippen LogP) is 12.6. The summed E-state index contributed by atoms with van der Waals surface area (Å²) in [6, 6.07) is 35.3. The number of para-hydroxylation sites is 3. The molecule has 1 aliphatic carbocycles. The molecule has 2 nitrogen and oxygen atoms in total. The van der Waals surface area contributed by atoms with E-state index in [4.69, 9.17) is 11.0 Å². The zero-order chi connectivity index (χ0) is 44.2. The standard InChI is InChI=1S/C49H34N2/c1-5-18-35(19-6-1)49(36-20-7-2-8-21-36)43-28-15-13-27-42(43)48-44(49)29-17-31-46(48)51-45-30-16-14-26-40(45)41-33-32-39(34-47(41)51)50(37-22-9-3-10-23-37)38-24-11-4-12-25-38/h1-34H/i1D,2D,5D,6D,7D,8D,13D,15D,18D,20D,27D,28D. The third kappa shape index (κ3) is 4.36. The lowest BCUT2D eigenvalue weighted by atomic mass is 9.68. The van der Waals surface area contributed by atoms with Crippen molar-refractivity contribution in [3.8, 4) is 16.8 Å². The first-order chi connectivity index (χ1) is 30.3. The van der Waals surface area contributed by atoms with Crippen LogP contribution in [0.15, 0.2) is 206 Å². The van der Waals surface area contributed by atoms with Gasteiger partial charge in [0.2, 0.25) is 0 Å². The van der Waals surface area contributed by atoms with Crippen molar-refractivity contribution >= 4 is 38.9 Å². The van der Waals surface area contributed by atoms with Gasteiger partial charge in [-0.25, -0.2) is 0 Å². The highest BCUT2D eigenvalue weighted by molar-refractivity contribution is 6.11. The van der Waals surface area contributed by atoms with E-state index in [9.17, 15) is 5.48 Å². The summed E-state index contributed by atoms with van der Waals surface area (Å²) in [6.45, 7) is 0. The van der Waals surface area contributed by atoms with Gasteiger partial charge in [-0.15, -0.1) is 0 Å². The zero-order valence-electron chi connectivity index (χ0n) is 39.1. The fraction of sp³-hybridized carbons (Fsp3) is 0.0204. The van der Waals surface area contributed by atoms with Crippen LogP contribution in [0.2, 0.25) is 0 Å². The van der Waals surface area contributed by atoms with Crippen molar-refractivity contribution in [3.63, 3.8) is 0 Å². The molecule has 0 N–H and O–H groups in total. The van der Waals surface area contributed by atoms with E-state index < -0.39 is 77.9 Å². The molecule has 1 heterocycles. The van der Waals surface area contributed by atoms with Crippen LogP contribution in [0.1, 0.15) is 38.7 Å². The molecule has 51 heavy (non-hydrogen) atoms. The Hall–Kier alpha value is -6.64. The third-order valence-electron chi connectivity index (χ3n) is 9.85. The van der Waals surface area contributed by atoms with Crippen LogP contribution in [0.25, 0.3) is 38.6 Å². The summed E-state index contributed by atoms with van der Waals surface area (Å²) in [6.07, 6.45) is 0. The number of aromatic nitrogens is 1. The van der Waals surface area contributed by atoms with E-state index in [1.54, 1.807) is 12.1 Å². The zero-order valence-corrected chi connectivity index (χ0v) is 27.1. The molecule has 1 aromatic heterocycles. The van der Waals surface area contributed by atoms with Gasteiger partial charge >= 0.3 is 0 Å². The van der Waals surface area contributed by atoms with Gasteiger partial charge in [-0.1, -0.05) is 157 Å². The van der Waals surface area contributed by atoms with Crippen molar-refractivity contribution in [1.29, 1.82) is 0 Å². The van der Waals surface area contributed by atoms with Crippen LogP contribution in [0.4, 0.5) is 17.1 Å². The number of fused-ring (bicyclic) bond motifs is 6. The topological polar surface area (TPSA) is 8.17 Å². The van der Waals surface area contributed by atoms with Crippen LogP contribution < -0.4 is 4.90 Å². The maximum Gasteiger partial charge on any atom is 0.0714 e. The molecule has 9 aromatic rings.